The summed E-state index contributed by atoms with van der Waals surface area (Å²) in [6.07, 6.45) is 0. The van der Waals surface area contributed by atoms with Crippen molar-refractivity contribution in [2.45, 2.75) is 13.2 Å². The first-order valence-corrected chi connectivity index (χ1v) is 7.95. The lowest BCUT2D eigenvalue weighted by atomic mass is 9.78. The Hall–Kier alpha value is -1.87. The quantitative estimate of drug-likeness (QED) is 0.456. The van der Waals surface area contributed by atoms with Crippen LogP contribution in [0.4, 0.5) is 17.6 Å². The fourth-order valence-electron chi connectivity index (χ4n) is 2.99. The number of rotatable bonds is 5. The van der Waals surface area contributed by atoms with Gasteiger partial charge in [-0.1, -0.05) is 0 Å². The van der Waals surface area contributed by atoms with E-state index in [2.05, 4.69) is 0 Å². The molecular formula is C16H12B2F4O4. The van der Waals surface area contributed by atoms with Crippen LogP contribution >= 0.6 is 0 Å². The molecule has 0 aromatic heterocycles. The molecule has 0 N–H and O–H groups in total. The summed E-state index contributed by atoms with van der Waals surface area (Å²) in [6.45, 7) is 0.425. The lowest BCUT2D eigenvalue weighted by Crippen LogP contribution is -2.36. The Bertz CT molecular complexity index is 782. The molecule has 26 heavy (non-hydrogen) atoms. The van der Waals surface area contributed by atoms with Gasteiger partial charge in [-0.2, -0.15) is 0 Å². The van der Waals surface area contributed by atoms with Crippen LogP contribution in [-0.2, 0) is 31.8 Å². The third kappa shape index (κ3) is 3.25. The summed E-state index contributed by atoms with van der Waals surface area (Å²) in [5.41, 5.74) is 1.92. The van der Waals surface area contributed by atoms with Gasteiger partial charge in [-0.3, -0.25) is 0 Å². The number of hydrogen-bond donors (Lipinski definition) is 0. The predicted molar refractivity (Wildman–Crippen MR) is 85.0 cm³/mol. The molecule has 0 fully saturated rings. The number of hydrogen-bond acceptors (Lipinski definition) is 4. The smallest absolute Gasteiger partial charge is 0.405 e. The summed E-state index contributed by atoms with van der Waals surface area (Å²) < 4.78 is 74.8. The second kappa shape index (κ2) is 7.03. The molecule has 4 nitrogen and oxygen atoms in total. The van der Waals surface area contributed by atoms with Crippen LogP contribution in [0.25, 0.3) is 0 Å². The normalized spacial score (nSPS) is 15.5. The van der Waals surface area contributed by atoms with Gasteiger partial charge in [-0.05, 0) is 46.3 Å². The first-order valence-electron chi connectivity index (χ1n) is 7.95. The van der Waals surface area contributed by atoms with Crippen LogP contribution < -0.4 is 10.9 Å². The van der Waals surface area contributed by atoms with Crippen molar-refractivity contribution in [1.29, 1.82) is 0 Å². The molecule has 0 amide bonds. The third-order valence-corrected chi connectivity index (χ3v) is 4.27. The summed E-state index contributed by atoms with van der Waals surface area (Å²) in [5, 5.41) is 0. The second-order valence-corrected chi connectivity index (χ2v) is 5.96. The van der Waals surface area contributed by atoms with Gasteiger partial charge >= 0.3 is 14.2 Å². The molecule has 4 rings (SSSR count). The van der Waals surface area contributed by atoms with Gasteiger partial charge in [0, 0.05) is 0 Å². The van der Waals surface area contributed by atoms with Crippen molar-refractivity contribution in [2.24, 2.45) is 0 Å². The van der Waals surface area contributed by atoms with E-state index in [-0.39, 0.29) is 26.4 Å². The monoisotopic (exact) mass is 366 g/mol. The van der Waals surface area contributed by atoms with Crippen molar-refractivity contribution in [2.75, 3.05) is 13.2 Å². The molecule has 10 heteroatoms. The highest BCUT2D eigenvalue weighted by Gasteiger charge is 2.34. The Kier molecular flexibility index (Phi) is 4.74. The first kappa shape index (κ1) is 17.5. The van der Waals surface area contributed by atoms with E-state index in [9.17, 15) is 17.6 Å². The predicted octanol–water partition coefficient (Wildman–Crippen LogP) is 1.43. The molecule has 0 unspecified atom stereocenters. The third-order valence-electron chi connectivity index (χ3n) is 4.27. The summed E-state index contributed by atoms with van der Waals surface area (Å²) in [6, 6.07) is 4.27. The summed E-state index contributed by atoms with van der Waals surface area (Å²) >= 11 is 0. The van der Waals surface area contributed by atoms with Gasteiger partial charge in [-0.25, -0.2) is 17.6 Å². The van der Waals surface area contributed by atoms with Crippen LogP contribution in [0.5, 0.6) is 0 Å². The van der Waals surface area contributed by atoms with E-state index < -0.39 is 37.5 Å². The average Bonchev–Trinajstić information content (AvgIpc) is 3.17. The van der Waals surface area contributed by atoms with Gasteiger partial charge in [0.1, 0.15) is 0 Å². The molecule has 2 heterocycles. The van der Waals surface area contributed by atoms with Crippen LogP contribution in [0.15, 0.2) is 24.3 Å². The summed E-state index contributed by atoms with van der Waals surface area (Å²) in [4.78, 5) is 0. The fourth-order valence-corrected chi connectivity index (χ4v) is 2.99. The maximum absolute atomic E-state index is 13.4. The minimum atomic E-state index is -0.968. The highest BCUT2D eigenvalue weighted by atomic mass is 19.2. The number of fused-ring (bicyclic) bond motifs is 2. The topological polar surface area (TPSA) is 36.9 Å². The molecule has 0 bridgehead atoms. The molecule has 2 aliphatic rings. The minimum absolute atomic E-state index is 0.0853. The Morgan fingerprint density at radius 3 is 1.50 bits per heavy atom. The van der Waals surface area contributed by atoms with Crippen molar-refractivity contribution >= 4 is 25.2 Å². The van der Waals surface area contributed by atoms with E-state index in [4.69, 9.17) is 18.6 Å². The summed E-state index contributed by atoms with van der Waals surface area (Å²) in [5.74, 6) is -3.80. The standard InChI is InChI=1S/C16H12B2F4O4/c19-13-3-9-7-25-17(11(9)5-15(13)21)23-1-2-24-18-12-6-16(22)14(20)4-10(12)8-26-18/h3-6H,1-2,7-8H2. The maximum atomic E-state index is 13.4. The Morgan fingerprint density at radius 2 is 1.08 bits per heavy atom. The molecule has 0 saturated heterocycles. The summed E-state index contributed by atoms with van der Waals surface area (Å²) in [7, 11) is -1.63. The first-order chi connectivity index (χ1) is 12.5. The van der Waals surface area contributed by atoms with Crippen LogP contribution in [-0.4, -0.2) is 27.5 Å². The Morgan fingerprint density at radius 1 is 0.692 bits per heavy atom. The molecule has 2 aliphatic heterocycles. The van der Waals surface area contributed by atoms with E-state index in [1.165, 1.54) is 0 Å². The van der Waals surface area contributed by atoms with Gasteiger partial charge in [0.05, 0.1) is 26.4 Å². The van der Waals surface area contributed by atoms with Gasteiger partial charge in [0.25, 0.3) is 0 Å². The lowest BCUT2D eigenvalue weighted by Gasteiger charge is -2.11. The van der Waals surface area contributed by atoms with Crippen LogP contribution in [0, 0.1) is 23.3 Å². The van der Waals surface area contributed by atoms with Gasteiger partial charge < -0.3 is 18.6 Å². The number of benzene rings is 2. The molecule has 0 saturated carbocycles. The van der Waals surface area contributed by atoms with Crippen LogP contribution in [0.2, 0.25) is 0 Å². The molecule has 134 valence electrons. The Labute approximate surface area is 147 Å². The molecule has 0 atom stereocenters. The molecule has 0 spiro atoms. The van der Waals surface area contributed by atoms with E-state index in [1.807, 2.05) is 0 Å². The largest absolute Gasteiger partial charge is 0.494 e. The lowest BCUT2D eigenvalue weighted by molar-refractivity contribution is 0.149. The highest BCUT2D eigenvalue weighted by molar-refractivity contribution is 6.63. The number of halogens is 4. The fraction of sp³-hybridized carbons (Fsp3) is 0.250. The minimum Gasteiger partial charge on any atom is -0.405 e. The van der Waals surface area contributed by atoms with Crippen molar-refractivity contribution in [3.05, 3.63) is 58.7 Å². The SMILES string of the molecule is Fc1cc2c(cc1F)B(OCCOB1OCc3cc(F)c(F)cc31)OC2. The van der Waals surface area contributed by atoms with Crippen molar-refractivity contribution in [3.63, 3.8) is 0 Å². The molecule has 2 aromatic rings. The zero-order chi connectivity index (χ0) is 18.3. The van der Waals surface area contributed by atoms with Crippen molar-refractivity contribution in [3.8, 4) is 0 Å². The highest BCUT2D eigenvalue weighted by Crippen LogP contribution is 2.17. The second-order valence-electron chi connectivity index (χ2n) is 5.96. The average molecular weight is 366 g/mol. The van der Waals surface area contributed by atoms with E-state index in [0.29, 0.717) is 22.1 Å². The van der Waals surface area contributed by atoms with Gasteiger partial charge in [0.15, 0.2) is 23.3 Å². The van der Waals surface area contributed by atoms with Gasteiger partial charge in [0.2, 0.25) is 0 Å². The van der Waals surface area contributed by atoms with Crippen molar-refractivity contribution < 1.29 is 36.2 Å². The van der Waals surface area contributed by atoms with Gasteiger partial charge in [-0.15, -0.1) is 0 Å². The molecule has 0 aliphatic carbocycles. The van der Waals surface area contributed by atoms with Crippen LogP contribution in [0.1, 0.15) is 11.1 Å². The van der Waals surface area contributed by atoms with Crippen molar-refractivity contribution in [1.82, 2.24) is 0 Å². The zero-order valence-corrected chi connectivity index (χ0v) is 13.4. The van der Waals surface area contributed by atoms with Crippen LogP contribution in [0.3, 0.4) is 0 Å². The Balaban J connectivity index is 1.32. The maximum Gasteiger partial charge on any atom is 0.494 e. The molecule has 0 radical (unpaired) electrons. The van der Waals surface area contributed by atoms with E-state index in [1.54, 1.807) is 0 Å². The zero-order valence-electron chi connectivity index (χ0n) is 13.4. The molecular weight excluding hydrogens is 354 g/mol. The van der Waals surface area contributed by atoms with E-state index >= 15 is 0 Å². The molecule has 2 aromatic carbocycles. The van der Waals surface area contributed by atoms with E-state index in [0.717, 1.165) is 24.3 Å².